The minimum Gasteiger partial charge on any atom is -0.497 e. The van der Waals surface area contributed by atoms with Gasteiger partial charge in [-0.1, -0.05) is 30.3 Å². The summed E-state index contributed by atoms with van der Waals surface area (Å²) in [7, 11) is 3.24. The summed E-state index contributed by atoms with van der Waals surface area (Å²) < 4.78 is 16.2. The van der Waals surface area contributed by atoms with Crippen LogP contribution >= 0.6 is 0 Å². The van der Waals surface area contributed by atoms with Crippen molar-refractivity contribution in [1.82, 2.24) is 0 Å². The van der Waals surface area contributed by atoms with Gasteiger partial charge in [-0.2, -0.15) is 0 Å². The Hall–Kier alpha value is -2.04. The zero-order valence-corrected chi connectivity index (χ0v) is 12.4. The van der Waals surface area contributed by atoms with Crippen molar-refractivity contribution in [3.8, 4) is 11.5 Å². The molecule has 0 spiro atoms. The van der Waals surface area contributed by atoms with Crippen LogP contribution < -0.4 is 15.2 Å². The Labute approximate surface area is 125 Å². The van der Waals surface area contributed by atoms with E-state index in [-0.39, 0.29) is 6.04 Å². The second-order valence-electron chi connectivity index (χ2n) is 4.72. The van der Waals surface area contributed by atoms with Crippen LogP contribution in [-0.2, 0) is 11.3 Å². The van der Waals surface area contributed by atoms with Gasteiger partial charge in [0.05, 0.1) is 33.5 Å². The van der Waals surface area contributed by atoms with Gasteiger partial charge in [-0.15, -0.1) is 0 Å². The summed E-state index contributed by atoms with van der Waals surface area (Å²) >= 11 is 0. The molecule has 2 aromatic rings. The third kappa shape index (κ3) is 4.21. The van der Waals surface area contributed by atoms with Crippen LogP contribution in [0.5, 0.6) is 11.5 Å². The Morgan fingerprint density at radius 1 is 1.00 bits per heavy atom. The van der Waals surface area contributed by atoms with Crippen molar-refractivity contribution in [1.29, 1.82) is 0 Å². The van der Waals surface area contributed by atoms with Crippen LogP contribution in [-0.4, -0.2) is 20.8 Å². The zero-order valence-electron chi connectivity index (χ0n) is 12.4. The highest BCUT2D eigenvalue weighted by molar-refractivity contribution is 5.42. The Morgan fingerprint density at radius 2 is 1.76 bits per heavy atom. The molecule has 0 amide bonds. The van der Waals surface area contributed by atoms with Crippen molar-refractivity contribution in [2.45, 2.75) is 12.6 Å². The maximum absolute atomic E-state index is 6.18. The normalized spacial score (nSPS) is 12.0. The van der Waals surface area contributed by atoms with Gasteiger partial charge < -0.3 is 19.9 Å². The number of methoxy groups -OCH3 is 2. The van der Waals surface area contributed by atoms with Crippen molar-refractivity contribution in [2.24, 2.45) is 5.73 Å². The first kappa shape index (κ1) is 15.4. The number of nitrogens with two attached hydrogens (primary N) is 1. The van der Waals surface area contributed by atoms with E-state index < -0.39 is 0 Å². The molecule has 21 heavy (non-hydrogen) atoms. The van der Waals surface area contributed by atoms with Crippen molar-refractivity contribution in [3.63, 3.8) is 0 Å². The second kappa shape index (κ2) is 7.67. The van der Waals surface area contributed by atoms with E-state index in [0.29, 0.717) is 19.0 Å². The molecule has 0 saturated carbocycles. The zero-order chi connectivity index (χ0) is 15.1. The van der Waals surface area contributed by atoms with Crippen molar-refractivity contribution < 1.29 is 14.2 Å². The monoisotopic (exact) mass is 287 g/mol. The fraction of sp³-hybridized carbons (Fsp3) is 0.294. The van der Waals surface area contributed by atoms with Crippen molar-refractivity contribution in [2.75, 3.05) is 20.8 Å². The first-order valence-corrected chi connectivity index (χ1v) is 6.83. The lowest BCUT2D eigenvalue weighted by Gasteiger charge is -2.16. The molecule has 0 aliphatic heterocycles. The highest BCUT2D eigenvalue weighted by Crippen LogP contribution is 2.28. The molecule has 0 heterocycles. The summed E-state index contributed by atoms with van der Waals surface area (Å²) in [5, 5.41) is 0. The Morgan fingerprint density at radius 3 is 2.43 bits per heavy atom. The fourth-order valence-corrected chi connectivity index (χ4v) is 2.09. The molecular weight excluding hydrogens is 266 g/mol. The first-order valence-electron chi connectivity index (χ1n) is 6.83. The largest absolute Gasteiger partial charge is 0.497 e. The van der Waals surface area contributed by atoms with Crippen LogP contribution in [0, 0.1) is 0 Å². The summed E-state index contributed by atoms with van der Waals surface area (Å²) in [4.78, 5) is 0. The lowest BCUT2D eigenvalue weighted by atomic mass is 10.1. The molecule has 2 N–H and O–H groups in total. The van der Waals surface area contributed by atoms with E-state index in [4.69, 9.17) is 19.9 Å². The van der Waals surface area contributed by atoms with E-state index in [9.17, 15) is 0 Å². The van der Waals surface area contributed by atoms with Gasteiger partial charge >= 0.3 is 0 Å². The molecule has 2 aromatic carbocycles. The summed E-state index contributed by atoms with van der Waals surface area (Å²) in [5.41, 5.74) is 8.22. The summed E-state index contributed by atoms with van der Waals surface area (Å²) in [6.07, 6.45) is 0. The smallest absolute Gasteiger partial charge is 0.127 e. The van der Waals surface area contributed by atoms with Gasteiger partial charge in [-0.3, -0.25) is 0 Å². The topological polar surface area (TPSA) is 53.7 Å². The van der Waals surface area contributed by atoms with E-state index in [0.717, 1.165) is 16.9 Å². The molecule has 0 aliphatic rings. The van der Waals surface area contributed by atoms with Gasteiger partial charge in [-0.25, -0.2) is 0 Å². The van der Waals surface area contributed by atoms with E-state index in [1.165, 1.54) is 0 Å². The van der Waals surface area contributed by atoms with Gasteiger partial charge in [0.1, 0.15) is 11.5 Å². The van der Waals surface area contributed by atoms with Crippen LogP contribution in [0.3, 0.4) is 0 Å². The molecule has 4 nitrogen and oxygen atoms in total. The molecule has 0 bridgehead atoms. The van der Waals surface area contributed by atoms with Crippen LogP contribution in [0.25, 0.3) is 0 Å². The third-order valence-corrected chi connectivity index (χ3v) is 3.25. The van der Waals surface area contributed by atoms with Crippen LogP contribution in [0.1, 0.15) is 17.2 Å². The van der Waals surface area contributed by atoms with E-state index in [1.54, 1.807) is 14.2 Å². The van der Waals surface area contributed by atoms with E-state index >= 15 is 0 Å². The van der Waals surface area contributed by atoms with Gasteiger partial charge in [0, 0.05) is 11.6 Å². The van der Waals surface area contributed by atoms with Gasteiger partial charge in [-0.05, 0) is 17.7 Å². The minimum atomic E-state index is -0.241. The number of benzene rings is 2. The molecule has 0 fully saturated rings. The highest BCUT2D eigenvalue weighted by Gasteiger charge is 2.13. The molecule has 4 heteroatoms. The average molecular weight is 287 g/mol. The molecule has 0 radical (unpaired) electrons. The fourth-order valence-electron chi connectivity index (χ4n) is 2.09. The van der Waals surface area contributed by atoms with Crippen LogP contribution in [0.2, 0.25) is 0 Å². The predicted molar refractivity (Wildman–Crippen MR) is 82.6 cm³/mol. The maximum Gasteiger partial charge on any atom is 0.127 e. The van der Waals surface area contributed by atoms with Crippen molar-refractivity contribution >= 4 is 0 Å². The molecule has 112 valence electrons. The average Bonchev–Trinajstić information content (AvgIpc) is 2.55. The summed E-state index contributed by atoms with van der Waals surface area (Å²) in [5.74, 6) is 1.46. The number of rotatable bonds is 7. The molecule has 0 aromatic heterocycles. The van der Waals surface area contributed by atoms with Gasteiger partial charge in [0.2, 0.25) is 0 Å². The lowest BCUT2D eigenvalue weighted by Crippen LogP contribution is -2.18. The summed E-state index contributed by atoms with van der Waals surface area (Å²) in [6.45, 7) is 0.977. The maximum atomic E-state index is 6.18. The van der Waals surface area contributed by atoms with Gasteiger partial charge in [0.15, 0.2) is 0 Å². The third-order valence-electron chi connectivity index (χ3n) is 3.25. The SMILES string of the molecule is COc1ccc(C(N)COCc2ccccc2)c(OC)c1. The molecule has 0 saturated heterocycles. The second-order valence-corrected chi connectivity index (χ2v) is 4.72. The number of hydrogen-bond acceptors (Lipinski definition) is 4. The van der Waals surface area contributed by atoms with Crippen LogP contribution in [0.15, 0.2) is 48.5 Å². The number of hydrogen-bond donors (Lipinski definition) is 1. The molecule has 2 rings (SSSR count). The highest BCUT2D eigenvalue weighted by atomic mass is 16.5. The summed E-state index contributed by atoms with van der Waals surface area (Å²) in [6, 6.07) is 15.4. The molecule has 0 aliphatic carbocycles. The Balaban J connectivity index is 1.95. The Kier molecular flexibility index (Phi) is 5.60. The first-order chi connectivity index (χ1) is 10.2. The minimum absolute atomic E-state index is 0.241. The predicted octanol–water partition coefficient (Wildman–Crippen LogP) is 2.92. The molecule has 1 atom stereocenters. The standard InChI is InChI=1S/C17H21NO3/c1-19-14-8-9-15(17(10-14)20-2)16(18)12-21-11-13-6-4-3-5-7-13/h3-10,16H,11-12,18H2,1-2H3. The quantitative estimate of drug-likeness (QED) is 0.850. The van der Waals surface area contributed by atoms with Crippen LogP contribution in [0.4, 0.5) is 0 Å². The Bertz CT molecular complexity index is 557. The molecule has 1 unspecified atom stereocenters. The molecular formula is C17H21NO3. The van der Waals surface area contributed by atoms with Crippen molar-refractivity contribution in [3.05, 3.63) is 59.7 Å². The van der Waals surface area contributed by atoms with Gasteiger partial charge in [0.25, 0.3) is 0 Å². The number of ether oxygens (including phenoxy) is 3. The van der Waals surface area contributed by atoms with E-state index in [1.807, 2.05) is 48.5 Å². The van der Waals surface area contributed by atoms with E-state index in [2.05, 4.69) is 0 Å². The lowest BCUT2D eigenvalue weighted by molar-refractivity contribution is 0.107.